The van der Waals surface area contributed by atoms with Gasteiger partial charge in [0, 0.05) is 43.7 Å². The van der Waals surface area contributed by atoms with Crippen molar-refractivity contribution in [3.8, 4) is 0 Å². The molecule has 0 unspecified atom stereocenters. The van der Waals surface area contributed by atoms with Crippen LogP contribution < -0.4 is 10.2 Å². The Hall–Kier alpha value is -1.63. The normalized spacial score (nSPS) is 19.3. The van der Waals surface area contributed by atoms with E-state index in [1.54, 1.807) is 23.1 Å². The highest BCUT2D eigenvalue weighted by Crippen LogP contribution is 2.28. The van der Waals surface area contributed by atoms with Crippen LogP contribution in [0.25, 0.3) is 0 Å². The number of halogens is 1. The van der Waals surface area contributed by atoms with E-state index in [4.69, 9.17) is 16.3 Å². The van der Waals surface area contributed by atoms with Gasteiger partial charge in [-0.3, -0.25) is 14.5 Å². The first-order chi connectivity index (χ1) is 13.5. The summed E-state index contributed by atoms with van der Waals surface area (Å²) < 4.78 is 5.46. The van der Waals surface area contributed by atoms with Gasteiger partial charge in [0.25, 0.3) is 5.91 Å². The average Bonchev–Trinajstić information content (AvgIpc) is 3.11. The monoisotopic (exact) mass is 407 g/mol. The molecule has 1 aromatic carbocycles. The minimum Gasteiger partial charge on any atom is -0.379 e. The van der Waals surface area contributed by atoms with E-state index in [1.165, 1.54) is 0 Å². The number of carbonyl (C=O) groups excluding carboxylic acids is 2. The van der Waals surface area contributed by atoms with Crippen molar-refractivity contribution in [2.75, 3.05) is 44.3 Å². The standard InChI is InChI=1S/C21H30ClN3O3/c1-15(2)12-17(24-8-10-28-11-9-24)14-23-21(27)18-6-5-16(22)13-19(18)25-7-3-4-20(25)26/h5-6,13,15,17H,3-4,7-12,14H2,1-2H3,(H,23,27)/t17-/m1/s1. The number of morpholine rings is 1. The van der Waals surface area contributed by atoms with Crippen molar-refractivity contribution >= 4 is 29.1 Å². The van der Waals surface area contributed by atoms with Gasteiger partial charge in [-0.1, -0.05) is 25.4 Å². The van der Waals surface area contributed by atoms with Gasteiger partial charge < -0.3 is 15.0 Å². The molecule has 2 heterocycles. The van der Waals surface area contributed by atoms with Crippen LogP contribution in [0.1, 0.15) is 43.5 Å². The summed E-state index contributed by atoms with van der Waals surface area (Å²) in [6.07, 6.45) is 2.33. The van der Waals surface area contributed by atoms with E-state index in [2.05, 4.69) is 24.1 Å². The molecule has 1 atom stereocenters. The van der Waals surface area contributed by atoms with Crippen LogP contribution in [0.15, 0.2) is 18.2 Å². The lowest BCUT2D eigenvalue weighted by Crippen LogP contribution is -2.49. The quantitative estimate of drug-likeness (QED) is 0.754. The van der Waals surface area contributed by atoms with Gasteiger partial charge in [0.05, 0.1) is 24.5 Å². The second-order valence-corrected chi connectivity index (χ2v) is 8.39. The molecule has 0 aromatic heterocycles. The lowest BCUT2D eigenvalue weighted by atomic mass is 10.0. The maximum Gasteiger partial charge on any atom is 0.253 e. The maximum atomic E-state index is 13.0. The predicted octanol–water partition coefficient (Wildman–Crippen LogP) is 2.94. The summed E-state index contributed by atoms with van der Waals surface area (Å²) in [5.41, 5.74) is 1.12. The van der Waals surface area contributed by atoms with Crippen LogP contribution in [0.2, 0.25) is 5.02 Å². The minimum absolute atomic E-state index is 0.0438. The van der Waals surface area contributed by atoms with Crippen LogP contribution in [0, 0.1) is 5.92 Å². The van der Waals surface area contributed by atoms with Crippen LogP contribution in [0.3, 0.4) is 0 Å². The largest absolute Gasteiger partial charge is 0.379 e. The molecular weight excluding hydrogens is 378 g/mol. The number of nitrogens with zero attached hydrogens (tertiary/aromatic N) is 2. The number of hydrogen-bond donors (Lipinski definition) is 1. The fourth-order valence-electron chi connectivity index (χ4n) is 3.98. The van der Waals surface area contributed by atoms with Crippen molar-refractivity contribution in [1.29, 1.82) is 0 Å². The summed E-state index contributed by atoms with van der Waals surface area (Å²) in [6.45, 7) is 8.86. The molecule has 0 radical (unpaired) electrons. The van der Waals surface area contributed by atoms with E-state index in [-0.39, 0.29) is 17.9 Å². The zero-order valence-corrected chi connectivity index (χ0v) is 17.5. The molecule has 2 fully saturated rings. The van der Waals surface area contributed by atoms with Gasteiger partial charge in [0.1, 0.15) is 0 Å². The molecule has 2 saturated heterocycles. The molecule has 2 amide bonds. The lowest BCUT2D eigenvalue weighted by Gasteiger charge is -2.35. The third kappa shape index (κ3) is 5.25. The molecule has 0 bridgehead atoms. The van der Waals surface area contributed by atoms with Crippen LogP contribution in [0.5, 0.6) is 0 Å². The minimum atomic E-state index is -0.159. The molecule has 1 aromatic rings. The van der Waals surface area contributed by atoms with Gasteiger partial charge in [-0.15, -0.1) is 0 Å². The Kier molecular flexibility index (Phi) is 7.32. The van der Waals surface area contributed by atoms with Crippen molar-refractivity contribution in [1.82, 2.24) is 10.2 Å². The summed E-state index contributed by atoms with van der Waals surface area (Å²) in [5.74, 6) is 0.425. The second kappa shape index (κ2) is 9.72. The van der Waals surface area contributed by atoms with E-state index in [0.717, 1.165) is 39.1 Å². The Morgan fingerprint density at radius 2 is 2.00 bits per heavy atom. The van der Waals surface area contributed by atoms with Gasteiger partial charge in [0.2, 0.25) is 5.91 Å². The van der Waals surface area contributed by atoms with Gasteiger partial charge in [-0.2, -0.15) is 0 Å². The Morgan fingerprint density at radius 1 is 1.25 bits per heavy atom. The fraction of sp³-hybridized carbons (Fsp3) is 0.619. The molecule has 1 N–H and O–H groups in total. The average molecular weight is 408 g/mol. The number of benzene rings is 1. The predicted molar refractivity (Wildman–Crippen MR) is 111 cm³/mol. The summed E-state index contributed by atoms with van der Waals surface area (Å²) in [4.78, 5) is 29.2. The molecule has 0 spiro atoms. The van der Waals surface area contributed by atoms with Crippen molar-refractivity contribution in [2.45, 2.75) is 39.2 Å². The molecule has 0 aliphatic carbocycles. The zero-order valence-electron chi connectivity index (χ0n) is 16.7. The summed E-state index contributed by atoms with van der Waals surface area (Å²) in [6, 6.07) is 5.41. The molecule has 2 aliphatic heterocycles. The van der Waals surface area contributed by atoms with Crippen molar-refractivity contribution in [3.63, 3.8) is 0 Å². The molecular formula is C21H30ClN3O3. The Balaban J connectivity index is 1.71. The van der Waals surface area contributed by atoms with E-state index in [0.29, 0.717) is 41.7 Å². The van der Waals surface area contributed by atoms with Crippen LogP contribution in [0.4, 0.5) is 5.69 Å². The number of amides is 2. The highest BCUT2D eigenvalue weighted by molar-refractivity contribution is 6.31. The van der Waals surface area contributed by atoms with Crippen molar-refractivity contribution < 1.29 is 14.3 Å². The first-order valence-corrected chi connectivity index (χ1v) is 10.5. The number of ether oxygens (including phenoxy) is 1. The topological polar surface area (TPSA) is 61.9 Å². The molecule has 7 heteroatoms. The lowest BCUT2D eigenvalue weighted by molar-refractivity contribution is -0.117. The second-order valence-electron chi connectivity index (χ2n) is 7.95. The van der Waals surface area contributed by atoms with E-state index in [9.17, 15) is 9.59 Å². The van der Waals surface area contributed by atoms with Gasteiger partial charge in [-0.05, 0) is 37.0 Å². The number of rotatable bonds is 7. The SMILES string of the molecule is CC(C)C[C@H](CNC(=O)c1ccc(Cl)cc1N1CCCC1=O)N1CCOCC1. The van der Waals surface area contributed by atoms with Crippen LogP contribution in [-0.4, -0.2) is 62.1 Å². The van der Waals surface area contributed by atoms with Crippen LogP contribution >= 0.6 is 11.6 Å². The smallest absolute Gasteiger partial charge is 0.253 e. The highest BCUT2D eigenvalue weighted by Gasteiger charge is 2.27. The maximum absolute atomic E-state index is 13.0. The fourth-order valence-corrected chi connectivity index (χ4v) is 4.14. The summed E-state index contributed by atoms with van der Waals surface area (Å²) in [7, 11) is 0. The van der Waals surface area contributed by atoms with Crippen molar-refractivity contribution in [2.24, 2.45) is 5.92 Å². The number of hydrogen-bond acceptors (Lipinski definition) is 4. The highest BCUT2D eigenvalue weighted by atomic mass is 35.5. The molecule has 2 aliphatic rings. The molecule has 28 heavy (non-hydrogen) atoms. The Morgan fingerprint density at radius 3 is 2.64 bits per heavy atom. The molecule has 154 valence electrons. The molecule has 6 nitrogen and oxygen atoms in total. The van der Waals surface area contributed by atoms with Crippen LogP contribution in [-0.2, 0) is 9.53 Å². The zero-order chi connectivity index (χ0) is 20.1. The molecule has 0 saturated carbocycles. The number of nitrogens with one attached hydrogen (secondary N) is 1. The number of carbonyl (C=O) groups is 2. The third-order valence-corrected chi connectivity index (χ3v) is 5.61. The summed E-state index contributed by atoms with van der Waals surface area (Å²) in [5, 5.41) is 3.62. The van der Waals surface area contributed by atoms with E-state index < -0.39 is 0 Å². The van der Waals surface area contributed by atoms with Gasteiger partial charge in [0.15, 0.2) is 0 Å². The first kappa shape index (κ1) is 21.1. The van der Waals surface area contributed by atoms with E-state index >= 15 is 0 Å². The Labute approximate surface area is 172 Å². The van der Waals surface area contributed by atoms with E-state index in [1.807, 2.05) is 0 Å². The molecule has 3 rings (SSSR count). The Bertz CT molecular complexity index is 704. The first-order valence-electron chi connectivity index (χ1n) is 10.2. The van der Waals surface area contributed by atoms with Gasteiger partial charge in [-0.25, -0.2) is 0 Å². The number of anilines is 1. The third-order valence-electron chi connectivity index (χ3n) is 5.37. The van der Waals surface area contributed by atoms with Gasteiger partial charge >= 0.3 is 0 Å². The van der Waals surface area contributed by atoms with Crippen molar-refractivity contribution in [3.05, 3.63) is 28.8 Å². The summed E-state index contributed by atoms with van der Waals surface area (Å²) >= 11 is 6.15.